The summed E-state index contributed by atoms with van der Waals surface area (Å²) in [6, 6.07) is 6.98. The lowest BCUT2D eigenvalue weighted by molar-refractivity contribution is 0.337. The second-order valence-electron chi connectivity index (χ2n) is 4.73. The molecule has 0 aliphatic heterocycles. The van der Waals surface area contributed by atoms with Gasteiger partial charge in [-0.15, -0.1) is 0 Å². The minimum Gasteiger partial charge on any atom is -0.397 e. The predicted octanol–water partition coefficient (Wildman–Crippen LogP) is 2.08. The molecule has 1 aliphatic rings. The van der Waals surface area contributed by atoms with Gasteiger partial charge in [-0.2, -0.15) is 0 Å². The van der Waals surface area contributed by atoms with Crippen LogP contribution in [0.2, 0.25) is 0 Å². The zero-order valence-corrected chi connectivity index (χ0v) is 10.2. The van der Waals surface area contributed by atoms with Crippen LogP contribution in [0.1, 0.15) is 18.4 Å². The first kappa shape index (κ1) is 11.3. The molecule has 0 atom stereocenters. The number of nitrogen functional groups attached to an aromatic ring is 1. The first-order valence-electron chi connectivity index (χ1n) is 5.97. The summed E-state index contributed by atoms with van der Waals surface area (Å²) in [6.45, 7) is 4.10. The lowest BCUT2D eigenvalue weighted by atomic mass is 10.2. The van der Waals surface area contributed by atoms with E-state index in [0.29, 0.717) is 0 Å². The van der Waals surface area contributed by atoms with Gasteiger partial charge in [-0.05, 0) is 44.5 Å². The third-order valence-corrected chi connectivity index (χ3v) is 3.16. The number of aryl methyl sites for hydroxylation is 1. The number of nitrogens with one attached hydrogen (secondary N) is 1. The van der Waals surface area contributed by atoms with Gasteiger partial charge in [-0.1, -0.05) is 6.07 Å². The summed E-state index contributed by atoms with van der Waals surface area (Å²) in [6.07, 6.45) is 2.73. The highest BCUT2D eigenvalue weighted by Crippen LogP contribution is 2.25. The normalized spacial score (nSPS) is 15.4. The van der Waals surface area contributed by atoms with Crippen molar-refractivity contribution in [3.8, 4) is 0 Å². The van der Waals surface area contributed by atoms with Crippen LogP contribution in [0.5, 0.6) is 0 Å². The SMILES string of the molecule is Cc1ccc(NCCN(C)C2CC2)c(N)c1. The minimum absolute atomic E-state index is 0.831. The van der Waals surface area contributed by atoms with E-state index in [1.165, 1.54) is 18.4 Å². The van der Waals surface area contributed by atoms with E-state index in [9.17, 15) is 0 Å². The molecule has 0 aromatic heterocycles. The molecule has 1 saturated carbocycles. The molecule has 0 radical (unpaired) electrons. The highest BCUT2D eigenvalue weighted by molar-refractivity contribution is 5.66. The zero-order chi connectivity index (χ0) is 11.5. The van der Waals surface area contributed by atoms with Gasteiger partial charge in [0.2, 0.25) is 0 Å². The van der Waals surface area contributed by atoms with Gasteiger partial charge < -0.3 is 16.0 Å². The van der Waals surface area contributed by atoms with Gasteiger partial charge in [-0.3, -0.25) is 0 Å². The summed E-state index contributed by atoms with van der Waals surface area (Å²) in [5.74, 6) is 0. The van der Waals surface area contributed by atoms with Gasteiger partial charge in [0.05, 0.1) is 11.4 Å². The number of hydrogen-bond donors (Lipinski definition) is 2. The molecule has 1 fully saturated rings. The summed E-state index contributed by atoms with van der Waals surface area (Å²) in [7, 11) is 2.19. The van der Waals surface area contributed by atoms with Crippen LogP contribution >= 0.6 is 0 Å². The summed E-state index contributed by atoms with van der Waals surface area (Å²) in [5.41, 5.74) is 9.03. The van der Waals surface area contributed by atoms with E-state index in [-0.39, 0.29) is 0 Å². The molecule has 0 saturated heterocycles. The van der Waals surface area contributed by atoms with Crippen molar-refractivity contribution in [3.05, 3.63) is 23.8 Å². The molecule has 2 rings (SSSR count). The van der Waals surface area contributed by atoms with E-state index in [4.69, 9.17) is 5.73 Å². The Hall–Kier alpha value is -1.22. The van der Waals surface area contributed by atoms with E-state index in [0.717, 1.165) is 30.5 Å². The van der Waals surface area contributed by atoms with Crippen LogP contribution in [-0.2, 0) is 0 Å². The summed E-state index contributed by atoms with van der Waals surface area (Å²) >= 11 is 0. The third kappa shape index (κ3) is 2.89. The Morgan fingerprint density at radius 1 is 1.44 bits per heavy atom. The monoisotopic (exact) mass is 219 g/mol. The molecule has 16 heavy (non-hydrogen) atoms. The molecule has 0 spiro atoms. The Bertz CT molecular complexity index is 358. The molecule has 3 nitrogen and oxygen atoms in total. The highest BCUT2D eigenvalue weighted by Gasteiger charge is 2.25. The van der Waals surface area contributed by atoms with Gasteiger partial charge in [0.15, 0.2) is 0 Å². The smallest absolute Gasteiger partial charge is 0.0574 e. The molecule has 88 valence electrons. The van der Waals surface area contributed by atoms with E-state index in [1.54, 1.807) is 0 Å². The average molecular weight is 219 g/mol. The number of likely N-dealkylation sites (N-methyl/N-ethyl adjacent to an activating group) is 1. The van der Waals surface area contributed by atoms with Crippen LogP contribution in [-0.4, -0.2) is 31.1 Å². The second-order valence-corrected chi connectivity index (χ2v) is 4.73. The molecule has 0 unspecified atom stereocenters. The lowest BCUT2D eigenvalue weighted by Crippen LogP contribution is -2.27. The maximum absolute atomic E-state index is 5.93. The van der Waals surface area contributed by atoms with Crippen molar-refractivity contribution in [2.45, 2.75) is 25.8 Å². The Balaban J connectivity index is 1.80. The summed E-state index contributed by atoms with van der Waals surface area (Å²) in [4.78, 5) is 2.41. The molecular weight excluding hydrogens is 198 g/mol. The fraction of sp³-hybridized carbons (Fsp3) is 0.538. The number of hydrogen-bond acceptors (Lipinski definition) is 3. The molecule has 0 bridgehead atoms. The first-order valence-corrected chi connectivity index (χ1v) is 5.97. The summed E-state index contributed by atoms with van der Waals surface area (Å²) in [5, 5.41) is 3.39. The topological polar surface area (TPSA) is 41.3 Å². The van der Waals surface area contributed by atoms with Crippen molar-refractivity contribution in [3.63, 3.8) is 0 Å². The van der Waals surface area contributed by atoms with Crippen molar-refractivity contribution >= 4 is 11.4 Å². The fourth-order valence-corrected chi connectivity index (χ4v) is 1.91. The zero-order valence-electron chi connectivity index (χ0n) is 10.2. The Kier molecular flexibility index (Phi) is 3.34. The maximum atomic E-state index is 5.93. The minimum atomic E-state index is 0.831. The fourth-order valence-electron chi connectivity index (χ4n) is 1.91. The van der Waals surface area contributed by atoms with Gasteiger partial charge in [-0.25, -0.2) is 0 Å². The molecule has 1 aliphatic carbocycles. The maximum Gasteiger partial charge on any atom is 0.0574 e. The lowest BCUT2D eigenvalue weighted by Gasteiger charge is -2.17. The number of rotatable bonds is 5. The van der Waals surface area contributed by atoms with E-state index >= 15 is 0 Å². The predicted molar refractivity (Wildman–Crippen MR) is 69.7 cm³/mol. The van der Waals surface area contributed by atoms with Crippen LogP contribution in [0, 0.1) is 6.92 Å². The average Bonchev–Trinajstić information content (AvgIpc) is 3.04. The number of nitrogens with zero attached hydrogens (tertiary/aromatic N) is 1. The van der Waals surface area contributed by atoms with Crippen molar-refractivity contribution < 1.29 is 0 Å². The van der Waals surface area contributed by atoms with Crippen LogP contribution in [0.4, 0.5) is 11.4 Å². The molecule has 1 aromatic carbocycles. The molecule has 3 heteroatoms. The largest absolute Gasteiger partial charge is 0.397 e. The number of benzene rings is 1. The van der Waals surface area contributed by atoms with Crippen molar-refractivity contribution in [2.75, 3.05) is 31.2 Å². The van der Waals surface area contributed by atoms with Crippen LogP contribution < -0.4 is 11.1 Å². The molecular formula is C13H21N3. The Labute approximate surface area is 97.6 Å². The van der Waals surface area contributed by atoms with E-state index < -0.39 is 0 Å². The Morgan fingerprint density at radius 3 is 2.81 bits per heavy atom. The number of anilines is 2. The van der Waals surface area contributed by atoms with Gasteiger partial charge in [0.25, 0.3) is 0 Å². The van der Waals surface area contributed by atoms with Crippen molar-refractivity contribution in [1.29, 1.82) is 0 Å². The quantitative estimate of drug-likeness (QED) is 0.745. The number of nitrogens with two attached hydrogens (primary N) is 1. The second kappa shape index (κ2) is 4.74. The van der Waals surface area contributed by atoms with E-state index in [1.807, 2.05) is 6.07 Å². The molecule has 0 amide bonds. The van der Waals surface area contributed by atoms with Gasteiger partial charge in [0.1, 0.15) is 0 Å². The Morgan fingerprint density at radius 2 is 2.19 bits per heavy atom. The molecule has 3 N–H and O–H groups in total. The van der Waals surface area contributed by atoms with Gasteiger partial charge >= 0.3 is 0 Å². The highest BCUT2D eigenvalue weighted by atomic mass is 15.2. The first-order chi connectivity index (χ1) is 7.66. The van der Waals surface area contributed by atoms with Crippen LogP contribution in [0.3, 0.4) is 0 Å². The third-order valence-electron chi connectivity index (χ3n) is 3.16. The van der Waals surface area contributed by atoms with Crippen LogP contribution in [0.25, 0.3) is 0 Å². The standard InChI is InChI=1S/C13H21N3/c1-10-3-6-13(12(14)9-10)15-7-8-16(2)11-4-5-11/h3,6,9,11,15H,4-5,7-8,14H2,1-2H3. The van der Waals surface area contributed by atoms with Gasteiger partial charge in [0, 0.05) is 19.1 Å². The van der Waals surface area contributed by atoms with E-state index in [2.05, 4.69) is 36.3 Å². The summed E-state index contributed by atoms with van der Waals surface area (Å²) < 4.78 is 0. The van der Waals surface area contributed by atoms with Crippen molar-refractivity contribution in [1.82, 2.24) is 4.90 Å². The molecule has 1 aromatic rings. The van der Waals surface area contributed by atoms with Crippen LogP contribution in [0.15, 0.2) is 18.2 Å². The van der Waals surface area contributed by atoms with Crippen molar-refractivity contribution in [2.24, 2.45) is 0 Å². The molecule has 0 heterocycles.